The first-order valence-corrected chi connectivity index (χ1v) is 10.9. The standard InChI is InChI=1S/C24H25ClN4O3/c1-32-18-8-6-16(7-9-18)10-12-26-24(31)23-19-15-29(13-11-21(19)27-28-23)22(30)14-17-4-2-3-5-20(17)25/h2-9H,10-15H2,1H3,(H,26,31)(H,27,28). The highest BCUT2D eigenvalue weighted by Crippen LogP contribution is 2.23. The first-order valence-electron chi connectivity index (χ1n) is 10.5. The smallest absolute Gasteiger partial charge is 0.272 e. The molecule has 7 nitrogen and oxygen atoms in total. The highest BCUT2D eigenvalue weighted by atomic mass is 35.5. The van der Waals surface area contributed by atoms with E-state index in [4.69, 9.17) is 16.3 Å². The SMILES string of the molecule is COc1ccc(CCNC(=O)c2n[nH]c3c2CN(C(=O)Cc2ccccc2Cl)CC3)cc1. The van der Waals surface area contributed by atoms with Gasteiger partial charge in [0.15, 0.2) is 5.69 Å². The van der Waals surface area contributed by atoms with E-state index in [0.29, 0.717) is 43.2 Å². The maximum Gasteiger partial charge on any atom is 0.272 e. The van der Waals surface area contributed by atoms with Gasteiger partial charge in [0.1, 0.15) is 5.75 Å². The molecule has 0 spiro atoms. The minimum Gasteiger partial charge on any atom is -0.497 e. The number of H-pyrrole nitrogens is 1. The summed E-state index contributed by atoms with van der Waals surface area (Å²) in [5, 5.41) is 10.7. The molecule has 2 amide bonds. The average Bonchev–Trinajstić information content (AvgIpc) is 3.24. The molecule has 0 fully saturated rings. The molecule has 0 bridgehead atoms. The first-order chi connectivity index (χ1) is 15.5. The fourth-order valence-corrected chi connectivity index (χ4v) is 4.01. The fraction of sp³-hybridized carbons (Fsp3) is 0.292. The third kappa shape index (κ3) is 4.94. The summed E-state index contributed by atoms with van der Waals surface area (Å²) in [4.78, 5) is 27.3. The molecule has 1 aliphatic rings. The zero-order valence-corrected chi connectivity index (χ0v) is 18.6. The molecule has 0 atom stereocenters. The molecular weight excluding hydrogens is 428 g/mol. The van der Waals surface area contributed by atoms with E-state index >= 15 is 0 Å². The lowest BCUT2D eigenvalue weighted by molar-refractivity contribution is -0.131. The van der Waals surface area contributed by atoms with Crippen LogP contribution in [0.3, 0.4) is 0 Å². The van der Waals surface area contributed by atoms with Gasteiger partial charge in [0.25, 0.3) is 5.91 Å². The van der Waals surface area contributed by atoms with E-state index in [2.05, 4.69) is 15.5 Å². The van der Waals surface area contributed by atoms with Gasteiger partial charge in [-0.05, 0) is 35.7 Å². The van der Waals surface area contributed by atoms with Crippen molar-refractivity contribution in [1.29, 1.82) is 0 Å². The molecule has 2 aromatic carbocycles. The Morgan fingerprint density at radius 3 is 2.72 bits per heavy atom. The van der Waals surface area contributed by atoms with Gasteiger partial charge in [-0.2, -0.15) is 5.10 Å². The van der Waals surface area contributed by atoms with E-state index in [0.717, 1.165) is 28.1 Å². The minimum atomic E-state index is -0.239. The second-order valence-electron chi connectivity index (χ2n) is 7.72. The number of carbonyl (C=O) groups excluding carboxylic acids is 2. The largest absolute Gasteiger partial charge is 0.497 e. The van der Waals surface area contributed by atoms with Gasteiger partial charge < -0.3 is 15.0 Å². The normalized spacial score (nSPS) is 12.9. The van der Waals surface area contributed by atoms with Gasteiger partial charge in [0.2, 0.25) is 5.91 Å². The number of aromatic nitrogens is 2. The van der Waals surface area contributed by atoms with Crippen molar-refractivity contribution in [2.75, 3.05) is 20.2 Å². The van der Waals surface area contributed by atoms with Crippen LogP contribution in [-0.2, 0) is 30.6 Å². The number of fused-ring (bicyclic) bond motifs is 1. The number of methoxy groups -OCH3 is 1. The van der Waals surface area contributed by atoms with Crippen molar-refractivity contribution >= 4 is 23.4 Å². The Bertz CT molecular complexity index is 1110. The maximum absolute atomic E-state index is 12.8. The number of benzene rings is 2. The van der Waals surface area contributed by atoms with Gasteiger partial charge in [0, 0.05) is 42.3 Å². The molecule has 32 heavy (non-hydrogen) atoms. The van der Waals surface area contributed by atoms with E-state index in [1.54, 1.807) is 18.1 Å². The number of hydrogen-bond acceptors (Lipinski definition) is 4. The molecule has 3 aromatic rings. The molecule has 0 saturated carbocycles. The number of hydrogen-bond donors (Lipinski definition) is 2. The summed E-state index contributed by atoms with van der Waals surface area (Å²) in [6.45, 7) is 1.43. The number of carbonyl (C=O) groups is 2. The Morgan fingerprint density at radius 1 is 1.19 bits per heavy atom. The van der Waals surface area contributed by atoms with E-state index < -0.39 is 0 Å². The van der Waals surface area contributed by atoms with Crippen LogP contribution in [0.5, 0.6) is 5.75 Å². The summed E-state index contributed by atoms with van der Waals surface area (Å²) in [5.74, 6) is 0.543. The molecule has 0 unspecified atom stereocenters. The van der Waals surface area contributed by atoms with Crippen molar-refractivity contribution < 1.29 is 14.3 Å². The molecule has 1 aliphatic heterocycles. The van der Waals surface area contributed by atoms with Crippen molar-refractivity contribution in [2.45, 2.75) is 25.8 Å². The Labute approximate surface area is 191 Å². The number of amides is 2. The third-order valence-electron chi connectivity index (χ3n) is 5.66. The van der Waals surface area contributed by atoms with Crippen LogP contribution in [0.1, 0.15) is 32.9 Å². The van der Waals surface area contributed by atoms with Crippen LogP contribution in [0.4, 0.5) is 0 Å². The lowest BCUT2D eigenvalue weighted by Crippen LogP contribution is -2.38. The quantitative estimate of drug-likeness (QED) is 0.576. The van der Waals surface area contributed by atoms with Crippen molar-refractivity contribution in [3.8, 4) is 5.75 Å². The Morgan fingerprint density at radius 2 is 1.97 bits per heavy atom. The van der Waals surface area contributed by atoms with Crippen LogP contribution in [0, 0.1) is 0 Å². The van der Waals surface area contributed by atoms with E-state index in [1.807, 2.05) is 42.5 Å². The highest BCUT2D eigenvalue weighted by Gasteiger charge is 2.27. The number of rotatable bonds is 7. The summed E-state index contributed by atoms with van der Waals surface area (Å²) in [6, 6.07) is 15.1. The molecule has 0 radical (unpaired) electrons. The molecule has 0 saturated heterocycles. The van der Waals surface area contributed by atoms with Crippen LogP contribution in [-0.4, -0.2) is 47.1 Å². The zero-order chi connectivity index (χ0) is 22.5. The lowest BCUT2D eigenvalue weighted by atomic mass is 10.0. The van der Waals surface area contributed by atoms with Gasteiger partial charge >= 0.3 is 0 Å². The topological polar surface area (TPSA) is 87.3 Å². The molecule has 4 rings (SSSR count). The summed E-state index contributed by atoms with van der Waals surface area (Å²) in [7, 11) is 1.63. The first kappa shape index (κ1) is 21.9. The second-order valence-corrected chi connectivity index (χ2v) is 8.12. The molecule has 166 valence electrons. The van der Waals surface area contributed by atoms with Crippen LogP contribution in [0.2, 0.25) is 5.02 Å². The van der Waals surface area contributed by atoms with Gasteiger partial charge in [-0.25, -0.2) is 0 Å². The Balaban J connectivity index is 1.36. The molecule has 2 N–H and O–H groups in total. The second kappa shape index (κ2) is 9.87. The highest BCUT2D eigenvalue weighted by molar-refractivity contribution is 6.31. The van der Waals surface area contributed by atoms with Gasteiger partial charge in [-0.3, -0.25) is 14.7 Å². The predicted molar refractivity (Wildman–Crippen MR) is 122 cm³/mol. The number of nitrogens with one attached hydrogen (secondary N) is 2. The van der Waals surface area contributed by atoms with Crippen LogP contribution in [0.15, 0.2) is 48.5 Å². The fourth-order valence-electron chi connectivity index (χ4n) is 3.81. The van der Waals surface area contributed by atoms with Gasteiger partial charge in [-0.15, -0.1) is 0 Å². The van der Waals surface area contributed by atoms with Crippen molar-refractivity contribution in [3.05, 3.63) is 81.6 Å². The maximum atomic E-state index is 12.8. The molecule has 2 heterocycles. The molecule has 1 aromatic heterocycles. The van der Waals surface area contributed by atoms with Crippen LogP contribution in [0.25, 0.3) is 0 Å². The van der Waals surface area contributed by atoms with Gasteiger partial charge in [-0.1, -0.05) is 41.9 Å². The van der Waals surface area contributed by atoms with E-state index in [9.17, 15) is 9.59 Å². The lowest BCUT2D eigenvalue weighted by Gasteiger charge is -2.27. The molecule has 8 heteroatoms. The van der Waals surface area contributed by atoms with Crippen LogP contribution < -0.4 is 10.1 Å². The number of halogens is 1. The number of nitrogens with zero attached hydrogens (tertiary/aromatic N) is 2. The van der Waals surface area contributed by atoms with E-state index in [-0.39, 0.29) is 18.2 Å². The molecular formula is C24H25ClN4O3. The zero-order valence-electron chi connectivity index (χ0n) is 17.9. The summed E-state index contributed by atoms with van der Waals surface area (Å²) in [6.07, 6.45) is 1.57. The summed E-state index contributed by atoms with van der Waals surface area (Å²) >= 11 is 6.20. The van der Waals surface area contributed by atoms with Crippen molar-refractivity contribution in [3.63, 3.8) is 0 Å². The minimum absolute atomic E-state index is 0.0178. The monoisotopic (exact) mass is 452 g/mol. The molecule has 0 aliphatic carbocycles. The van der Waals surface area contributed by atoms with Crippen molar-refractivity contribution in [2.24, 2.45) is 0 Å². The van der Waals surface area contributed by atoms with E-state index in [1.165, 1.54) is 0 Å². The van der Waals surface area contributed by atoms with Crippen LogP contribution >= 0.6 is 11.6 Å². The van der Waals surface area contributed by atoms with Crippen molar-refractivity contribution in [1.82, 2.24) is 20.4 Å². The summed E-state index contributed by atoms with van der Waals surface area (Å²) < 4.78 is 5.16. The number of aromatic amines is 1. The Kier molecular flexibility index (Phi) is 6.75. The third-order valence-corrected chi connectivity index (χ3v) is 6.03. The predicted octanol–water partition coefficient (Wildman–Crippen LogP) is 3.17. The average molecular weight is 453 g/mol. The number of ether oxygens (including phenoxy) is 1. The summed E-state index contributed by atoms with van der Waals surface area (Å²) in [5.41, 5.74) is 3.95. The van der Waals surface area contributed by atoms with Gasteiger partial charge in [0.05, 0.1) is 13.5 Å². The Hall–Kier alpha value is -3.32.